The maximum atomic E-state index is 12.7. The second kappa shape index (κ2) is 8.95. The zero-order valence-corrected chi connectivity index (χ0v) is 16.2. The molecule has 0 fully saturated rings. The van der Waals surface area contributed by atoms with Gasteiger partial charge in [0.1, 0.15) is 17.5 Å². The first-order valence-corrected chi connectivity index (χ1v) is 9.03. The van der Waals surface area contributed by atoms with Crippen LogP contribution in [0.4, 0.5) is 0 Å². The van der Waals surface area contributed by atoms with E-state index in [0.29, 0.717) is 29.1 Å². The van der Waals surface area contributed by atoms with E-state index >= 15 is 0 Å². The zero-order chi connectivity index (χ0) is 20.8. The van der Waals surface area contributed by atoms with E-state index in [-0.39, 0.29) is 23.7 Å². The van der Waals surface area contributed by atoms with Gasteiger partial charge in [0.2, 0.25) is 0 Å². The van der Waals surface area contributed by atoms with Gasteiger partial charge in [-0.25, -0.2) is 4.99 Å². The summed E-state index contributed by atoms with van der Waals surface area (Å²) in [5.41, 5.74) is 2.76. The summed E-state index contributed by atoms with van der Waals surface area (Å²) in [5.74, 6) is -0.535. The van der Waals surface area contributed by atoms with E-state index in [4.69, 9.17) is 4.74 Å². The van der Waals surface area contributed by atoms with Crippen molar-refractivity contribution in [2.75, 3.05) is 20.3 Å². The predicted molar refractivity (Wildman–Crippen MR) is 109 cm³/mol. The van der Waals surface area contributed by atoms with Crippen LogP contribution in [0, 0.1) is 18.3 Å². The first-order valence-electron chi connectivity index (χ1n) is 9.03. The predicted octanol–water partition coefficient (Wildman–Crippen LogP) is 2.18. The number of hydrogen-bond acceptors (Lipinski definition) is 5. The van der Waals surface area contributed by atoms with E-state index in [0.717, 1.165) is 5.56 Å². The molecule has 0 aliphatic carbocycles. The minimum Gasteiger partial charge on any atom is -0.383 e. The summed E-state index contributed by atoms with van der Waals surface area (Å²) in [6, 6.07) is 16.3. The van der Waals surface area contributed by atoms with Crippen LogP contribution >= 0.6 is 0 Å². The van der Waals surface area contributed by atoms with Crippen molar-refractivity contribution in [1.29, 1.82) is 5.26 Å². The average Bonchev–Trinajstić information content (AvgIpc) is 3.07. The third kappa shape index (κ3) is 4.23. The van der Waals surface area contributed by atoms with Crippen LogP contribution < -0.4 is 10.6 Å². The highest BCUT2D eigenvalue weighted by Crippen LogP contribution is 2.30. The number of nitrogens with zero attached hydrogens (tertiary/aromatic N) is 2. The molecule has 0 saturated carbocycles. The fraction of sp³-hybridized carbons (Fsp3) is 0.182. The van der Waals surface area contributed by atoms with Gasteiger partial charge in [-0.2, -0.15) is 5.26 Å². The van der Waals surface area contributed by atoms with Crippen molar-refractivity contribution in [1.82, 2.24) is 10.6 Å². The average molecular weight is 388 g/mol. The summed E-state index contributed by atoms with van der Waals surface area (Å²) < 4.78 is 4.91. The van der Waals surface area contributed by atoms with Crippen molar-refractivity contribution >= 4 is 23.3 Å². The Bertz CT molecular complexity index is 1060. The smallest absolute Gasteiger partial charge is 0.264 e. The molecule has 7 heteroatoms. The number of carbonyl (C=O) groups is 2. The number of amidine groups is 1. The van der Waals surface area contributed by atoms with E-state index in [2.05, 4.69) is 15.6 Å². The fourth-order valence-electron chi connectivity index (χ4n) is 2.98. The minimum atomic E-state index is -0.537. The highest BCUT2D eigenvalue weighted by atomic mass is 16.5. The summed E-state index contributed by atoms with van der Waals surface area (Å²) in [4.78, 5) is 29.6. The molecule has 0 radical (unpaired) electrons. The number of nitriles is 1. The number of ether oxygens (including phenoxy) is 1. The van der Waals surface area contributed by atoms with Crippen molar-refractivity contribution in [2.45, 2.75) is 6.92 Å². The summed E-state index contributed by atoms with van der Waals surface area (Å²) >= 11 is 0. The molecule has 7 nitrogen and oxygen atoms in total. The molecule has 0 unspecified atom stereocenters. The highest BCUT2D eigenvalue weighted by molar-refractivity contribution is 6.20. The molecule has 146 valence electrons. The molecule has 2 N–H and O–H groups in total. The normalized spacial score (nSPS) is 13.8. The molecule has 3 rings (SSSR count). The third-order valence-corrected chi connectivity index (χ3v) is 4.45. The van der Waals surface area contributed by atoms with Gasteiger partial charge in [0.25, 0.3) is 11.8 Å². The van der Waals surface area contributed by atoms with Crippen LogP contribution in [0.25, 0.3) is 5.70 Å². The SMILES string of the molecule is COCCNC(=O)/C(C#N)=C1/N=C(NC(=O)c2ccccc2C)c2ccccc21. The number of carbonyl (C=O) groups excluding carboxylic acids is 2. The van der Waals surface area contributed by atoms with Gasteiger partial charge in [0, 0.05) is 30.3 Å². The van der Waals surface area contributed by atoms with Crippen molar-refractivity contribution in [3.63, 3.8) is 0 Å². The molecule has 29 heavy (non-hydrogen) atoms. The van der Waals surface area contributed by atoms with Crippen LogP contribution in [-0.2, 0) is 9.53 Å². The molecule has 1 aliphatic rings. The number of fused-ring (bicyclic) bond motifs is 1. The Labute approximate surface area is 168 Å². The van der Waals surface area contributed by atoms with Crippen molar-refractivity contribution in [2.24, 2.45) is 4.99 Å². The van der Waals surface area contributed by atoms with Gasteiger partial charge in [-0.15, -0.1) is 0 Å². The molecule has 0 bridgehead atoms. The Morgan fingerprint density at radius 1 is 1.10 bits per heavy atom. The van der Waals surface area contributed by atoms with Crippen molar-refractivity contribution < 1.29 is 14.3 Å². The molecule has 2 aromatic rings. The quantitative estimate of drug-likeness (QED) is 0.465. The van der Waals surface area contributed by atoms with E-state index < -0.39 is 5.91 Å². The van der Waals surface area contributed by atoms with Crippen molar-refractivity contribution in [3.8, 4) is 6.07 Å². The van der Waals surface area contributed by atoms with E-state index in [1.165, 1.54) is 7.11 Å². The lowest BCUT2D eigenvalue weighted by molar-refractivity contribution is -0.117. The maximum Gasteiger partial charge on any atom is 0.264 e. The molecular weight excluding hydrogens is 368 g/mol. The Morgan fingerprint density at radius 3 is 2.48 bits per heavy atom. The number of hydrogen-bond donors (Lipinski definition) is 2. The lowest BCUT2D eigenvalue weighted by Crippen LogP contribution is -2.30. The molecular formula is C22H20N4O3. The molecule has 2 amide bonds. The lowest BCUT2D eigenvalue weighted by Gasteiger charge is -2.08. The van der Waals surface area contributed by atoms with Gasteiger partial charge < -0.3 is 15.4 Å². The summed E-state index contributed by atoms with van der Waals surface area (Å²) in [6.45, 7) is 2.45. The van der Waals surface area contributed by atoms with Gasteiger partial charge in [0.05, 0.1) is 12.3 Å². The largest absolute Gasteiger partial charge is 0.383 e. The second-order valence-electron chi connectivity index (χ2n) is 6.36. The Morgan fingerprint density at radius 2 is 1.79 bits per heavy atom. The third-order valence-electron chi connectivity index (χ3n) is 4.45. The van der Waals surface area contributed by atoms with Crippen LogP contribution in [-0.4, -0.2) is 37.9 Å². The first kappa shape index (κ1) is 20.0. The number of nitrogens with one attached hydrogen (secondary N) is 2. The van der Waals surface area contributed by atoms with E-state index in [1.807, 2.05) is 31.2 Å². The van der Waals surface area contributed by atoms with E-state index in [9.17, 15) is 14.9 Å². The number of aliphatic imine (C=N–C) groups is 1. The van der Waals surface area contributed by atoms with Gasteiger partial charge >= 0.3 is 0 Å². The number of methoxy groups -OCH3 is 1. The number of rotatable bonds is 5. The van der Waals surface area contributed by atoms with Crippen LogP contribution in [0.5, 0.6) is 0 Å². The van der Waals surface area contributed by atoms with Crippen LogP contribution in [0.1, 0.15) is 27.0 Å². The van der Waals surface area contributed by atoms with Crippen LogP contribution in [0.2, 0.25) is 0 Å². The molecule has 0 spiro atoms. The summed E-state index contributed by atoms with van der Waals surface area (Å²) in [5, 5.41) is 15.0. The topological polar surface area (TPSA) is 104 Å². The Balaban J connectivity index is 1.96. The molecule has 0 aromatic heterocycles. The summed E-state index contributed by atoms with van der Waals surface area (Å²) in [6.07, 6.45) is 0. The zero-order valence-electron chi connectivity index (χ0n) is 16.2. The molecule has 0 saturated heterocycles. The van der Waals surface area contributed by atoms with Crippen molar-refractivity contribution in [3.05, 3.63) is 76.4 Å². The summed E-state index contributed by atoms with van der Waals surface area (Å²) in [7, 11) is 1.52. The van der Waals surface area contributed by atoms with Gasteiger partial charge in [-0.05, 0) is 18.6 Å². The standard InChI is InChI=1S/C22H20N4O3/c1-14-7-3-4-8-15(14)22(28)26-20-17-10-6-5-9-16(17)19(25-20)18(13-23)21(27)24-11-12-29-2/h3-10H,11-12H2,1-2H3,(H,24,27)(H,25,26,28)/b19-18+. The van der Waals surface area contributed by atoms with Crippen LogP contribution in [0.15, 0.2) is 59.1 Å². The molecule has 1 aliphatic heterocycles. The van der Waals surface area contributed by atoms with Gasteiger partial charge in [-0.1, -0.05) is 42.5 Å². The highest BCUT2D eigenvalue weighted by Gasteiger charge is 2.27. The van der Waals surface area contributed by atoms with Gasteiger partial charge in [0.15, 0.2) is 0 Å². The number of benzene rings is 2. The first-order chi connectivity index (χ1) is 14.1. The Hall–Kier alpha value is -3.76. The van der Waals surface area contributed by atoms with Gasteiger partial charge in [-0.3, -0.25) is 9.59 Å². The fourth-order valence-corrected chi connectivity index (χ4v) is 2.98. The number of aryl methyl sites for hydroxylation is 1. The molecule has 1 heterocycles. The maximum absolute atomic E-state index is 12.7. The lowest BCUT2D eigenvalue weighted by atomic mass is 10.0. The van der Waals surface area contributed by atoms with E-state index in [1.54, 1.807) is 30.3 Å². The molecule has 2 aromatic carbocycles. The Kier molecular flexibility index (Phi) is 6.17. The molecule has 0 atom stereocenters. The van der Waals surface area contributed by atoms with Crippen LogP contribution in [0.3, 0.4) is 0 Å². The number of amides is 2. The minimum absolute atomic E-state index is 0.117. The monoisotopic (exact) mass is 388 g/mol. The second-order valence-corrected chi connectivity index (χ2v) is 6.36.